The van der Waals surface area contributed by atoms with Gasteiger partial charge in [0.05, 0.1) is 13.5 Å². The average Bonchev–Trinajstić information content (AvgIpc) is 3.00. The quantitative estimate of drug-likeness (QED) is 0.0438. The highest BCUT2D eigenvalue weighted by molar-refractivity contribution is 5.81. The third-order valence-electron chi connectivity index (χ3n) is 7.59. The van der Waals surface area contributed by atoms with Crippen molar-refractivity contribution in [3.8, 4) is 0 Å². The molecular weight excluding hydrogens is 700 g/mol. The fourth-order valence-electron chi connectivity index (χ4n) is 5.17. The number of amides is 5. The highest BCUT2D eigenvalue weighted by Crippen LogP contribution is 2.13. The highest BCUT2D eigenvalue weighted by Gasteiger charge is 2.23. The first-order valence-corrected chi connectivity index (χ1v) is 19.2. The van der Waals surface area contributed by atoms with Crippen LogP contribution in [0.15, 0.2) is 0 Å². The van der Waals surface area contributed by atoms with Gasteiger partial charge < -0.3 is 50.8 Å². The molecule has 6 N–H and O–H groups in total. The Hall–Kier alpha value is -3.82. The normalized spacial score (nSPS) is 13.4. The second-order valence-electron chi connectivity index (χ2n) is 16.5. The Morgan fingerprint density at radius 1 is 0.481 bits per heavy atom. The number of ether oxygens (including phenoxy) is 4. The number of rotatable bonds is 24. The Bertz CT molecular complexity index is 1150. The number of hydrogen-bond donors (Lipinski definition) is 6. The minimum atomic E-state index is -0.613. The van der Waals surface area contributed by atoms with Gasteiger partial charge in [-0.25, -0.2) is 14.4 Å². The van der Waals surface area contributed by atoms with E-state index in [9.17, 15) is 28.8 Å². The molecule has 54 heavy (non-hydrogen) atoms. The fraction of sp³-hybridized carbons (Fsp3) is 0.842. The van der Waals surface area contributed by atoms with Crippen molar-refractivity contribution in [1.82, 2.24) is 31.9 Å². The predicted octanol–water partition coefficient (Wildman–Crippen LogP) is 4.97. The summed E-state index contributed by atoms with van der Waals surface area (Å²) >= 11 is 0. The van der Waals surface area contributed by atoms with Crippen LogP contribution in [-0.2, 0) is 33.3 Å². The summed E-state index contributed by atoms with van der Waals surface area (Å²) in [5.74, 6) is -1.00. The minimum Gasteiger partial charge on any atom is -0.469 e. The van der Waals surface area contributed by atoms with E-state index >= 15 is 0 Å². The molecule has 0 spiro atoms. The van der Waals surface area contributed by atoms with Crippen molar-refractivity contribution in [3.63, 3.8) is 0 Å². The summed E-state index contributed by atoms with van der Waals surface area (Å²) in [5, 5.41) is 17.3. The maximum atomic E-state index is 13.3. The van der Waals surface area contributed by atoms with Crippen LogP contribution in [0.2, 0.25) is 0 Å². The summed E-state index contributed by atoms with van der Waals surface area (Å²) < 4.78 is 20.6. The number of methoxy groups -OCH3 is 1. The van der Waals surface area contributed by atoms with Crippen LogP contribution in [0.3, 0.4) is 0 Å². The largest absolute Gasteiger partial charge is 0.469 e. The van der Waals surface area contributed by atoms with Gasteiger partial charge in [0.1, 0.15) is 16.8 Å². The third kappa shape index (κ3) is 30.6. The summed E-state index contributed by atoms with van der Waals surface area (Å²) in [6, 6.07) is -1.11. The number of carbonyl (C=O) groups excluding carboxylic acids is 6. The zero-order valence-electron chi connectivity index (χ0n) is 34.9. The molecule has 16 nitrogen and oxygen atoms in total. The highest BCUT2D eigenvalue weighted by atomic mass is 16.6. The van der Waals surface area contributed by atoms with E-state index in [1.165, 1.54) is 7.11 Å². The number of esters is 1. The molecule has 0 heterocycles. The molecule has 314 valence electrons. The van der Waals surface area contributed by atoms with Crippen LogP contribution in [0.5, 0.6) is 0 Å². The lowest BCUT2D eigenvalue weighted by Gasteiger charge is -2.23. The van der Waals surface area contributed by atoms with Crippen molar-refractivity contribution in [1.29, 1.82) is 0 Å². The molecule has 0 aliphatic carbocycles. The summed E-state index contributed by atoms with van der Waals surface area (Å²) in [4.78, 5) is 74.6. The molecule has 0 saturated carbocycles. The van der Waals surface area contributed by atoms with E-state index in [0.717, 1.165) is 6.42 Å². The number of alkyl carbamates (subject to hydrolysis) is 3. The van der Waals surface area contributed by atoms with E-state index in [-0.39, 0.29) is 37.1 Å². The van der Waals surface area contributed by atoms with Gasteiger partial charge in [0.15, 0.2) is 0 Å². The Labute approximate surface area is 323 Å². The standard InChI is InChI=1S/C38H72N6O10/c1-36(2,3)52-33(48)40-21-15-12-18-27(39-10)24-30(45)43-28(19-13-16-22-41-34(49)53-37(4,5)6)25-31(46)44-29(26-32(47)51-11)20-14-17-23-42-35(50)54-38(7,8)9/h27-29,39H,12-26H2,1-11H3,(H,40,48)(H,41,49)(H,42,50)(H,43,45)(H,44,46)/t27-,28?,29?/m0/s1. The van der Waals surface area contributed by atoms with Gasteiger partial charge in [0.25, 0.3) is 0 Å². The van der Waals surface area contributed by atoms with Crippen LogP contribution >= 0.6 is 0 Å². The summed E-state index contributed by atoms with van der Waals surface area (Å²) in [7, 11) is 3.07. The zero-order valence-corrected chi connectivity index (χ0v) is 34.9. The molecule has 0 radical (unpaired) electrons. The average molecular weight is 773 g/mol. The van der Waals surface area contributed by atoms with Gasteiger partial charge in [-0.2, -0.15) is 0 Å². The Balaban J connectivity index is 5.28. The van der Waals surface area contributed by atoms with Crippen molar-refractivity contribution >= 4 is 36.1 Å². The minimum absolute atomic E-state index is 0.0103. The topological polar surface area (TPSA) is 212 Å². The van der Waals surface area contributed by atoms with Gasteiger partial charge in [0.2, 0.25) is 11.8 Å². The smallest absolute Gasteiger partial charge is 0.407 e. The molecule has 2 unspecified atom stereocenters. The molecule has 0 aromatic carbocycles. The Kier molecular flexibility index (Phi) is 24.2. The van der Waals surface area contributed by atoms with E-state index in [0.29, 0.717) is 71.0 Å². The van der Waals surface area contributed by atoms with Gasteiger partial charge in [-0.15, -0.1) is 0 Å². The van der Waals surface area contributed by atoms with Gasteiger partial charge >= 0.3 is 24.2 Å². The third-order valence-corrected chi connectivity index (χ3v) is 7.59. The lowest BCUT2D eigenvalue weighted by molar-refractivity contribution is -0.141. The monoisotopic (exact) mass is 773 g/mol. The van der Waals surface area contributed by atoms with Crippen molar-refractivity contribution < 1.29 is 47.7 Å². The van der Waals surface area contributed by atoms with E-state index < -0.39 is 53.1 Å². The van der Waals surface area contributed by atoms with E-state index in [2.05, 4.69) is 31.9 Å². The van der Waals surface area contributed by atoms with Crippen molar-refractivity contribution in [3.05, 3.63) is 0 Å². The summed E-state index contributed by atoms with van der Waals surface area (Å²) in [5.41, 5.74) is -1.79. The van der Waals surface area contributed by atoms with Gasteiger partial charge in [0, 0.05) is 50.6 Å². The first-order valence-electron chi connectivity index (χ1n) is 19.2. The van der Waals surface area contributed by atoms with Crippen molar-refractivity contribution in [2.24, 2.45) is 0 Å². The maximum absolute atomic E-state index is 13.3. The zero-order chi connectivity index (χ0) is 41.4. The summed E-state index contributed by atoms with van der Waals surface area (Å²) in [6.45, 7) is 17.3. The maximum Gasteiger partial charge on any atom is 0.407 e. The lowest BCUT2D eigenvalue weighted by atomic mass is 10.0. The van der Waals surface area contributed by atoms with Crippen LogP contribution in [0.1, 0.15) is 139 Å². The van der Waals surface area contributed by atoms with E-state index in [1.807, 2.05) is 0 Å². The molecule has 0 saturated heterocycles. The molecule has 0 aliphatic heterocycles. The molecule has 16 heteroatoms. The van der Waals surface area contributed by atoms with Crippen LogP contribution in [0, 0.1) is 0 Å². The van der Waals surface area contributed by atoms with E-state index in [4.69, 9.17) is 18.9 Å². The van der Waals surface area contributed by atoms with Crippen LogP contribution < -0.4 is 31.9 Å². The first-order chi connectivity index (χ1) is 25.0. The first kappa shape index (κ1) is 50.2. The van der Waals surface area contributed by atoms with Gasteiger partial charge in [-0.05, 0) is 121 Å². The van der Waals surface area contributed by atoms with Gasteiger partial charge in [-0.3, -0.25) is 14.4 Å². The molecular formula is C38H72N6O10. The Morgan fingerprint density at radius 3 is 1.11 bits per heavy atom. The predicted molar refractivity (Wildman–Crippen MR) is 207 cm³/mol. The second-order valence-corrected chi connectivity index (χ2v) is 16.5. The van der Waals surface area contributed by atoms with E-state index in [1.54, 1.807) is 69.4 Å². The number of hydrogen-bond acceptors (Lipinski definition) is 11. The van der Waals surface area contributed by atoms with Gasteiger partial charge in [-0.1, -0.05) is 6.42 Å². The summed E-state index contributed by atoms with van der Waals surface area (Å²) in [6.07, 6.45) is 4.25. The molecule has 3 atom stereocenters. The van der Waals surface area contributed by atoms with Crippen molar-refractivity contribution in [2.45, 2.75) is 174 Å². The SMILES string of the molecule is CN[C@@H](CCCCNC(=O)OC(C)(C)C)CC(=O)NC(CCCCNC(=O)OC(C)(C)C)CC(=O)NC(CCCCNC(=O)OC(C)(C)C)CC(=O)OC. The Morgan fingerprint density at radius 2 is 0.796 bits per heavy atom. The number of nitrogens with one attached hydrogen (secondary N) is 6. The van der Waals surface area contributed by atoms with Crippen LogP contribution in [-0.4, -0.2) is 105 Å². The molecule has 0 rings (SSSR count). The number of carbonyl (C=O) groups is 6. The molecule has 0 bridgehead atoms. The molecule has 0 aromatic rings. The number of unbranched alkanes of at least 4 members (excludes halogenated alkanes) is 3. The van der Waals surface area contributed by atoms with Crippen LogP contribution in [0.4, 0.5) is 14.4 Å². The molecule has 0 aromatic heterocycles. The lowest BCUT2D eigenvalue weighted by Crippen LogP contribution is -2.44. The molecule has 0 aliphatic rings. The molecule has 0 fully saturated rings. The fourth-order valence-corrected chi connectivity index (χ4v) is 5.17. The second kappa shape index (κ2) is 26.1. The molecule has 5 amide bonds. The van der Waals surface area contributed by atoms with Crippen molar-refractivity contribution in [2.75, 3.05) is 33.8 Å². The van der Waals surface area contributed by atoms with Crippen LogP contribution in [0.25, 0.3) is 0 Å².